The first-order valence-corrected chi connectivity index (χ1v) is 9.10. The van der Waals surface area contributed by atoms with Crippen molar-refractivity contribution in [2.45, 2.75) is 71.6 Å². The van der Waals surface area contributed by atoms with E-state index in [-0.39, 0.29) is 24.7 Å². The first-order chi connectivity index (χ1) is 12.5. The summed E-state index contributed by atoms with van der Waals surface area (Å²) in [6.45, 7) is 11.6. The largest absolute Gasteiger partial charge is 0.444 e. The molecule has 0 unspecified atom stereocenters. The second-order valence-electron chi connectivity index (χ2n) is 8.11. The SMILES string of the molecule is C[C@@H]1OC(C)(C)N(C(=O)OC(C)(C)C)[C@@H]1CNC(=O)NCc1ccncc1. The van der Waals surface area contributed by atoms with Crippen molar-refractivity contribution in [3.63, 3.8) is 0 Å². The van der Waals surface area contributed by atoms with Crippen molar-refractivity contribution >= 4 is 12.1 Å². The lowest BCUT2D eigenvalue weighted by molar-refractivity contribution is -0.0756. The van der Waals surface area contributed by atoms with Crippen LogP contribution in [0.5, 0.6) is 0 Å². The summed E-state index contributed by atoms with van der Waals surface area (Å²) in [6.07, 6.45) is 2.65. The number of hydrogen-bond donors (Lipinski definition) is 2. The maximum Gasteiger partial charge on any atom is 0.412 e. The van der Waals surface area contributed by atoms with E-state index in [0.29, 0.717) is 6.54 Å². The van der Waals surface area contributed by atoms with Gasteiger partial charge in [-0.3, -0.25) is 9.88 Å². The number of rotatable bonds is 4. The van der Waals surface area contributed by atoms with Gasteiger partial charge in [0.1, 0.15) is 11.3 Å². The molecular weight excluding hydrogens is 348 g/mol. The highest BCUT2D eigenvalue weighted by atomic mass is 16.6. The van der Waals surface area contributed by atoms with Crippen molar-refractivity contribution in [2.24, 2.45) is 0 Å². The maximum absolute atomic E-state index is 12.7. The molecule has 1 fully saturated rings. The molecule has 8 heteroatoms. The predicted molar refractivity (Wildman–Crippen MR) is 101 cm³/mol. The molecule has 0 bridgehead atoms. The van der Waals surface area contributed by atoms with Crippen LogP contribution in [0.2, 0.25) is 0 Å². The molecule has 1 aliphatic rings. The molecule has 1 aliphatic heterocycles. The van der Waals surface area contributed by atoms with Gasteiger partial charge in [0.25, 0.3) is 0 Å². The van der Waals surface area contributed by atoms with Gasteiger partial charge < -0.3 is 20.1 Å². The third-order valence-electron chi connectivity index (χ3n) is 4.19. The maximum atomic E-state index is 12.7. The van der Waals surface area contributed by atoms with Crippen LogP contribution >= 0.6 is 0 Å². The Morgan fingerprint density at radius 2 is 1.89 bits per heavy atom. The average molecular weight is 378 g/mol. The molecule has 1 aromatic heterocycles. The Balaban J connectivity index is 1.95. The molecule has 1 saturated heterocycles. The van der Waals surface area contributed by atoms with Gasteiger partial charge in [0.15, 0.2) is 0 Å². The molecule has 2 N–H and O–H groups in total. The van der Waals surface area contributed by atoms with Crippen molar-refractivity contribution in [1.82, 2.24) is 20.5 Å². The van der Waals surface area contributed by atoms with Crippen LogP contribution in [0.3, 0.4) is 0 Å². The highest BCUT2D eigenvalue weighted by Gasteiger charge is 2.49. The second-order valence-corrected chi connectivity index (χ2v) is 8.11. The summed E-state index contributed by atoms with van der Waals surface area (Å²) in [6, 6.07) is 3.02. The number of amides is 3. The topological polar surface area (TPSA) is 92.8 Å². The number of carbonyl (C=O) groups excluding carboxylic acids is 2. The van der Waals surface area contributed by atoms with Gasteiger partial charge >= 0.3 is 12.1 Å². The fourth-order valence-electron chi connectivity index (χ4n) is 3.07. The summed E-state index contributed by atoms with van der Waals surface area (Å²) in [5, 5.41) is 5.60. The molecule has 2 rings (SSSR count). The molecule has 150 valence electrons. The van der Waals surface area contributed by atoms with Crippen LogP contribution in [0.25, 0.3) is 0 Å². The zero-order chi connectivity index (χ0) is 20.2. The molecule has 27 heavy (non-hydrogen) atoms. The van der Waals surface area contributed by atoms with Crippen molar-refractivity contribution in [2.75, 3.05) is 6.54 Å². The molecule has 0 saturated carbocycles. The third-order valence-corrected chi connectivity index (χ3v) is 4.19. The van der Waals surface area contributed by atoms with Crippen LogP contribution in [0.4, 0.5) is 9.59 Å². The zero-order valence-corrected chi connectivity index (χ0v) is 16.9. The number of ether oxygens (including phenoxy) is 2. The zero-order valence-electron chi connectivity index (χ0n) is 16.9. The van der Waals surface area contributed by atoms with Gasteiger partial charge in [0.05, 0.1) is 12.1 Å². The predicted octanol–water partition coefficient (Wildman–Crippen LogP) is 2.64. The van der Waals surface area contributed by atoms with Gasteiger partial charge in [-0.2, -0.15) is 0 Å². The minimum absolute atomic E-state index is 0.243. The average Bonchev–Trinajstić information content (AvgIpc) is 2.78. The highest BCUT2D eigenvalue weighted by molar-refractivity contribution is 5.74. The second kappa shape index (κ2) is 8.12. The first-order valence-electron chi connectivity index (χ1n) is 9.10. The van der Waals surface area contributed by atoms with Crippen LogP contribution in [0.1, 0.15) is 47.1 Å². The Hall–Kier alpha value is -2.35. The standard InChI is InChI=1S/C19H30N4O4/c1-13-15(12-22-16(24)21-11-14-7-9-20-10-8-14)23(19(5,6)26-13)17(25)27-18(2,3)4/h7-10,13,15H,11-12H2,1-6H3,(H2,21,22,24)/t13-,15+/m0/s1. The lowest BCUT2D eigenvalue weighted by Crippen LogP contribution is -2.54. The normalized spacial score (nSPS) is 21.6. The molecule has 2 heterocycles. The van der Waals surface area contributed by atoms with Gasteiger partial charge in [-0.05, 0) is 59.2 Å². The van der Waals surface area contributed by atoms with E-state index in [9.17, 15) is 9.59 Å². The van der Waals surface area contributed by atoms with Crippen molar-refractivity contribution in [1.29, 1.82) is 0 Å². The lowest BCUT2D eigenvalue weighted by atomic mass is 10.1. The fraction of sp³-hybridized carbons (Fsp3) is 0.632. The van der Waals surface area contributed by atoms with Crippen LogP contribution in [0.15, 0.2) is 24.5 Å². The molecular formula is C19H30N4O4. The van der Waals surface area contributed by atoms with E-state index in [2.05, 4.69) is 15.6 Å². The van der Waals surface area contributed by atoms with Crippen LogP contribution in [-0.2, 0) is 16.0 Å². The molecule has 8 nitrogen and oxygen atoms in total. The quantitative estimate of drug-likeness (QED) is 0.840. The van der Waals surface area contributed by atoms with E-state index >= 15 is 0 Å². The summed E-state index contributed by atoms with van der Waals surface area (Å²) in [4.78, 5) is 30.3. The first kappa shape index (κ1) is 21.0. The number of urea groups is 1. The molecule has 2 atom stereocenters. The summed E-state index contributed by atoms with van der Waals surface area (Å²) in [7, 11) is 0. The number of aromatic nitrogens is 1. The molecule has 1 aromatic rings. The lowest BCUT2D eigenvalue weighted by Gasteiger charge is -2.35. The summed E-state index contributed by atoms with van der Waals surface area (Å²) in [5.74, 6) is 0. The van der Waals surface area contributed by atoms with E-state index in [1.165, 1.54) is 0 Å². The molecule has 0 aliphatic carbocycles. The van der Waals surface area contributed by atoms with Crippen LogP contribution in [0, 0.1) is 0 Å². The number of hydrogen-bond acceptors (Lipinski definition) is 5. The minimum Gasteiger partial charge on any atom is -0.444 e. The van der Waals surface area contributed by atoms with Crippen LogP contribution in [-0.4, -0.2) is 52.0 Å². The van der Waals surface area contributed by atoms with Gasteiger partial charge in [-0.25, -0.2) is 9.59 Å². The number of nitrogens with one attached hydrogen (secondary N) is 2. The Morgan fingerprint density at radius 3 is 2.48 bits per heavy atom. The van der Waals surface area contributed by atoms with E-state index in [0.717, 1.165) is 5.56 Å². The van der Waals surface area contributed by atoms with Crippen molar-refractivity contribution in [3.05, 3.63) is 30.1 Å². The molecule has 0 spiro atoms. The Bertz CT molecular complexity index is 657. The molecule has 0 radical (unpaired) electrons. The molecule has 0 aromatic carbocycles. The highest BCUT2D eigenvalue weighted by Crippen LogP contribution is 2.33. The number of nitrogens with zero attached hydrogens (tertiary/aromatic N) is 2. The Kier molecular flexibility index (Phi) is 6.30. The Labute approximate surface area is 160 Å². The van der Waals surface area contributed by atoms with E-state index < -0.39 is 17.4 Å². The summed E-state index contributed by atoms with van der Waals surface area (Å²) < 4.78 is 11.4. The van der Waals surface area contributed by atoms with Crippen molar-refractivity contribution in [3.8, 4) is 0 Å². The monoisotopic (exact) mass is 378 g/mol. The number of carbonyl (C=O) groups is 2. The summed E-state index contributed by atoms with van der Waals surface area (Å²) >= 11 is 0. The minimum atomic E-state index is -0.818. The van der Waals surface area contributed by atoms with Gasteiger partial charge in [-0.15, -0.1) is 0 Å². The summed E-state index contributed by atoms with van der Waals surface area (Å²) in [5.41, 5.74) is -0.477. The van der Waals surface area contributed by atoms with Crippen molar-refractivity contribution < 1.29 is 19.1 Å². The fourth-order valence-corrected chi connectivity index (χ4v) is 3.07. The van der Waals surface area contributed by atoms with Gasteiger partial charge in [0.2, 0.25) is 0 Å². The third kappa shape index (κ3) is 5.82. The molecule has 3 amide bonds. The van der Waals surface area contributed by atoms with E-state index in [4.69, 9.17) is 9.47 Å². The van der Waals surface area contributed by atoms with E-state index in [1.54, 1.807) is 17.3 Å². The van der Waals surface area contributed by atoms with Gasteiger partial charge in [-0.1, -0.05) is 0 Å². The van der Waals surface area contributed by atoms with E-state index in [1.807, 2.05) is 53.7 Å². The Morgan fingerprint density at radius 1 is 1.26 bits per heavy atom. The number of pyridine rings is 1. The van der Waals surface area contributed by atoms with Gasteiger partial charge in [0, 0.05) is 25.5 Å². The van der Waals surface area contributed by atoms with Crippen LogP contribution < -0.4 is 10.6 Å². The smallest absolute Gasteiger partial charge is 0.412 e.